The van der Waals surface area contributed by atoms with Crippen LogP contribution >= 0.6 is 0 Å². The Hall–Kier alpha value is -1.76. The van der Waals surface area contributed by atoms with Gasteiger partial charge >= 0.3 is 12.1 Å². The third-order valence-electron chi connectivity index (χ3n) is 1.68. The SMILES string of the molecule is O=C(O)c1ccc(OCOCC(F)(F)F)cc1. The second-order valence-corrected chi connectivity index (χ2v) is 3.06. The van der Waals surface area contributed by atoms with E-state index in [0.717, 1.165) is 0 Å². The normalized spacial score (nSPS) is 11.2. The summed E-state index contributed by atoms with van der Waals surface area (Å²) in [5.41, 5.74) is 0.0635. The van der Waals surface area contributed by atoms with E-state index in [0.29, 0.717) is 0 Å². The van der Waals surface area contributed by atoms with Gasteiger partial charge in [-0.2, -0.15) is 13.2 Å². The second-order valence-electron chi connectivity index (χ2n) is 3.06. The summed E-state index contributed by atoms with van der Waals surface area (Å²) in [5, 5.41) is 8.59. The quantitative estimate of drug-likeness (QED) is 0.643. The molecule has 7 heteroatoms. The van der Waals surface area contributed by atoms with Crippen molar-refractivity contribution in [2.24, 2.45) is 0 Å². The smallest absolute Gasteiger partial charge is 0.411 e. The van der Waals surface area contributed by atoms with Crippen molar-refractivity contribution in [1.82, 2.24) is 0 Å². The van der Waals surface area contributed by atoms with E-state index < -0.39 is 25.5 Å². The largest absolute Gasteiger partial charge is 0.478 e. The molecule has 0 aromatic heterocycles. The van der Waals surface area contributed by atoms with Gasteiger partial charge in [-0.3, -0.25) is 0 Å². The molecule has 0 amide bonds. The monoisotopic (exact) mass is 250 g/mol. The number of rotatable bonds is 5. The van der Waals surface area contributed by atoms with Crippen LogP contribution in [0.15, 0.2) is 24.3 Å². The van der Waals surface area contributed by atoms with Crippen molar-refractivity contribution in [2.75, 3.05) is 13.4 Å². The van der Waals surface area contributed by atoms with Crippen LogP contribution in [0.4, 0.5) is 13.2 Å². The van der Waals surface area contributed by atoms with E-state index in [2.05, 4.69) is 4.74 Å². The van der Waals surface area contributed by atoms with E-state index in [-0.39, 0.29) is 11.3 Å². The van der Waals surface area contributed by atoms with Gasteiger partial charge in [0.25, 0.3) is 0 Å². The zero-order valence-corrected chi connectivity index (χ0v) is 8.53. The summed E-state index contributed by atoms with van der Waals surface area (Å²) in [6.07, 6.45) is -4.39. The minimum atomic E-state index is -4.39. The molecule has 0 spiro atoms. The molecule has 0 bridgehead atoms. The van der Waals surface area contributed by atoms with Crippen molar-refractivity contribution >= 4 is 5.97 Å². The molecule has 0 radical (unpaired) electrons. The summed E-state index contributed by atoms with van der Waals surface area (Å²) in [6.45, 7) is -1.94. The Kier molecular flexibility index (Phi) is 4.33. The van der Waals surface area contributed by atoms with Crippen molar-refractivity contribution in [3.8, 4) is 5.75 Å². The number of hydrogen-bond donors (Lipinski definition) is 1. The predicted octanol–water partition coefficient (Wildman–Crippen LogP) is 2.30. The highest BCUT2D eigenvalue weighted by atomic mass is 19.4. The van der Waals surface area contributed by atoms with Crippen molar-refractivity contribution < 1.29 is 32.5 Å². The van der Waals surface area contributed by atoms with Gasteiger partial charge in [-0.05, 0) is 24.3 Å². The number of benzene rings is 1. The number of ether oxygens (including phenoxy) is 2. The van der Waals surface area contributed by atoms with Gasteiger partial charge in [0.1, 0.15) is 12.4 Å². The van der Waals surface area contributed by atoms with Crippen LogP contribution in [0.3, 0.4) is 0 Å². The number of carboxylic acid groups (broad SMARTS) is 1. The minimum absolute atomic E-state index is 0.0635. The lowest BCUT2D eigenvalue weighted by molar-refractivity contribution is -0.186. The highest BCUT2D eigenvalue weighted by Gasteiger charge is 2.27. The number of aromatic carboxylic acids is 1. The van der Waals surface area contributed by atoms with Gasteiger partial charge in [-0.1, -0.05) is 0 Å². The van der Waals surface area contributed by atoms with Gasteiger partial charge in [-0.15, -0.1) is 0 Å². The number of carbonyl (C=O) groups is 1. The lowest BCUT2D eigenvalue weighted by atomic mass is 10.2. The Morgan fingerprint density at radius 3 is 2.29 bits per heavy atom. The molecule has 1 aromatic rings. The molecule has 4 nitrogen and oxygen atoms in total. The Morgan fingerprint density at radius 1 is 1.24 bits per heavy atom. The molecule has 0 saturated heterocycles. The van der Waals surface area contributed by atoms with Crippen LogP contribution in [-0.4, -0.2) is 30.7 Å². The van der Waals surface area contributed by atoms with Crippen LogP contribution in [0.2, 0.25) is 0 Å². The third kappa shape index (κ3) is 5.21. The van der Waals surface area contributed by atoms with Crippen molar-refractivity contribution in [3.63, 3.8) is 0 Å². The first-order valence-corrected chi connectivity index (χ1v) is 4.49. The van der Waals surface area contributed by atoms with E-state index in [4.69, 9.17) is 9.84 Å². The van der Waals surface area contributed by atoms with Gasteiger partial charge in [0.2, 0.25) is 0 Å². The topological polar surface area (TPSA) is 55.8 Å². The minimum Gasteiger partial charge on any atom is -0.478 e. The fraction of sp³-hybridized carbons (Fsp3) is 0.300. The maximum Gasteiger partial charge on any atom is 0.411 e. The summed E-state index contributed by atoms with van der Waals surface area (Å²) in [5.74, 6) is -0.859. The molecule has 1 rings (SSSR count). The zero-order valence-electron chi connectivity index (χ0n) is 8.53. The maximum absolute atomic E-state index is 11.7. The number of carboxylic acids is 1. The first-order valence-electron chi connectivity index (χ1n) is 4.49. The Balaban J connectivity index is 2.35. The van der Waals surface area contributed by atoms with Crippen LogP contribution in [0.5, 0.6) is 5.75 Å². The lowest BCUT2D eigenvalue weighted by Crippen LogP contribution is -2.19. The van der Waals surface area contributed by atoms with Crippen LogP contribution in [0.25, 0.3) is 0 Å². The van der Waals surface area contributed by atoms with Crippen molar-refractivity contribution in [3.05, 3.63) is 29.8 Å². The summed E-state index contributed by atoms with van der Waals surface area (Å²) < 4.78 is 44.1. The van der Waals surface area contributed by atoms with Crippen molar-refractivity contribution in [2.45, 2.75) is 6.18 Å². The van der Waals surface area contributed by atoms with Crippen LogP contribution in [0, 0.1) is 0 Å². The molecule has 17 heavy (non-hydrogen) atoms. The van der Waals surface area contributed by atoms with Gasteiger partial charge in [0.05, 0.1) is 5.56 Å². The van der Waals surface area contributed by atoms with Crippen LogP contribution in [0.1, 0.15) is 10.4 Å². The molecule has 0 unspecified atom stereocenters. The Morgan fingerprint density at radius 2 is 1.82 bits per heavy atom. The second kappa shape index (κ2) is 5.53. The third-order valence-corrected chi connectivity index (χ3v) is 1.68. The molecule has 1 N–H and O–H groups in total. The lowest BCUT2D eigenvalue weighted by Gasteiger charge is -2.09. The molecule has 0 fully saturated rings. The van der Waals surface area contributed by atoms with Crippen LogP contribution < -0.4 is 4.74 Å². The molecule has 94 valence electrons. The molecule has 0 saturated carbocycles. The van der Waals surface area contributed by atoms with Crippen molar-refractivity contribution in [1.29, 1.82) is 0 Å². The van der Waals surface area contributed by atoms with Crippen LogP contribution in [-0.2, 0) is 4.74 Å². The predicted molar refractivity (Wildman–Crippen MR) is 50.9 cm³/mol. The Bertz CT molecular complexity index is 372. The number of halogens is 3. The van der Waals surface area contributed by atoms with Gasteiger partial charge in [0, 0.05) is 0 Å². The maximum atomic E-state index is 11.7. The molecule has 0 aliphatic rings. The standard InChI is InChI=1S/C10H9F3O4/c11-10(12,13)5-16-6-17-8-3-1-7(2-4-8)9(14)15/h1-4H,5-6H2,(H,14,15). The fourth-order valence-corrected chi connectivity index (χ4v) is 0.961. The van der Waals surface area contributed by atoms with E-state index in [1.165, 1.54) is 24.3 Å². The molecule has 0 aliphatic carbocycles. The molecular formula is C10H9F3O4. The van der Waals surface area contributed by atoms with E-state index in [9.17, 15) is 18.0 Å². The molecule has 0 heterocycles. The summed E-state index contributed by atoms with van der Waals surface area (Å²) in [7, 11) is 0. The zero-order chi connectivity index (χ0) is 12.9. The first-order chi connectivity index (χ1) is 7.88. The fourth-order valence-electron chi connectivity index (χ4n) is 0.961. The summed E-state index contributed by atoms with van der Waals surface area (Å²) in [6, 6.07) is 5.23. The van der Waals surface area contributed by atoms with Gasteiger partial charge < -0.3 is 14.6 Å². The van der Waals surface area contributed by atoms with Gasteiger partial charge in [0.15, 0.2) is 6.79 Å². The number of alkyl halides is 3. The number of hydrogen-bond acceptors (Lipinski definition) is 3. The van der Waals surface area contributed by atoms with Gasteiger partial charge in [-0.25, -0.2) is 4.79 Å². The highest BCUT2D eigenvalue weighted by molar-refractivity contribution is 5.87. The average Bonchev–Trinajstić information content (AvgIpc) is 2.24. The summed E-state index contributed by atoms with van der Waals surface area (Å²) in [4.78, 5) is 10.5. The highest BCUT2D eigenvalue weighted by Crippen LogP contribution is 2.15. The van der Waals surface area contributed by atoms with E-state index in [1.807, 2.05) is 0 Å². The molecule has 0 atom stereocenters. The Labute approximate surface area is 94.6 Å². The molecule has 0 aliphatic heterocycles. The van der Waals surface area contributed by atoms with E-state index in [1.54, 1.807) is 0 Å². The molecular weight excluding hydrogens is 241 g/mol. The average molecular weight is 250 g/mol. The molecule has 1 aromatic carbocycles. The van der Waals surface area contributed by atoms with E-state index >= 15 is 0 Å². The summed E-state index contributed by atoms with van der Waals surface area (Å²) >= 11 is 0. The first kappa shape index (κ1) is 13.3.